The number of benzene rings is 1. The van der Waals surface area contributed by atoms with Crippen molar-refractivity contribution in [1.82, 2.24) is 9.97 Å². The fraction of sp³-hybridized carbons (Fsp3) is 0.250. The van der Waals surface area contributed by atoms with Crippen LogP contribution in [0.15, 0.2) is 35.8 Å². The molecule has 0 radical (unpaired) electrons. The molecule has 0 spiro atoms. The molecule has 0 aliphatic carbocycles. The Morgan fingerprint density at radius 2 is 1.30 bits per heavy atom. The minimum atomic E-state index is 0.236. The van der Waals surface area contributed by atoms with E-state index >= 15 is 0 Å². The van der Waals surface area contributed by atoms with Gasteiger partial charge in [-0.3, -0.25) is 0 Å². The molecule has 1 aromatic carbocycles. The van der Waals surface area contributed by atoms with Crippen molar-refractivity contribution in [2.24, 2.45) is 0 Å². The Morgan fingerprint density at radius 1 is 0.900 bits per heavy atom. The van der Waals surface area contributed by atoms with Gasteiger partial charge in [0.25, 0.3) is 0 Å². The molecule has 2 rings (SSSR count). The number of hydrogen-bond donors (Lipinski definition) is 2. The fourth-order valence-electron chi connectivity index (χ4n) is 1.76. The van der Waals surface area contributed by atoms with Crippen LogP contribution in [0, 0.1) is 0 Å². The lowest BCUT2D eigenvalue weighted by Crippen LogP contribution is -1.96. The third-order valence-corrected chi connectivity index (χ3v) is 2.96. The third-order valence-electron chi connectivity index (χ3n) is 2.96. The maximum Gasteiger partial charge on any atom is 0.0942 e. The van der Waals surface area contributed by atoms with Crippen molar-refractivity contribution < 1.29 is 10.2 Å². The van der Waals surface area contributed by atoms with Crippen LogP contribution in [0.25, 0.3) is 23.2 Å². The number of para-hydroxylation sites is 2. The van der Waals surface area contributed by atoms with E-state index in [0.717, 1.165) is 11.0 Å². The first kappa shape index (κ1) is 14.1. The van der Waals surface area contributed by atoms with E-state index in [1.54, 1.807) is 12.2 Å². The van der Waals surface area contributed by atoms with E-state index in [1.807, 2.05) is 38.1 Å². The molecule has 0 aliphatic rings. The minimum Gasteiger partial charge on any atom is -0.512 e. The second-order valence-corrected chi connectivity index (χ2v) is 4.46. The molecule has 0 saturated carbocycles. The molecule has 0 amide bonds. The van der Waals surface area contributed by atoms with Gasteiger partial charge < -0.3 is 10.2 Å². The summed E-state index contributed by atoms with van der Waals surface area (Å²) < 4.78 is 0. The first-order valence-electron chi connectivity index (χ1n) is 6.70. The summed E-state index contributed by atoms with van der Waals surface area (Å²) in [5.41, 5.74) is 2.64. The summed E-state index contributed by atoms with van der Waals surface area (Å²) in [6, 6.07) is 7.53. The first-order chi connectivity index (χ1) is 9.63. The lowest BCUT2D eigenvalue weighted by Gasteiger charge is -2.05. The third kappa shape index (κ3) is 3.15. The summed E-state index contributed by atoms with van der Waals surface area (Å²) >= 11 is 0. The highest BCUT2D eigenvalue weighted by Gasteiger charge is 2.07. The van der Waals surface area contributed by atoms with E-state index in [4.69, 9.17) is 0 Å². The first-order valence-corrected chi connectivity index (χ1v) is 6.70. The van der Waals surface area contributed by atoms with Gasteiger partial charge in [0, 0.05) is 25.0 Å². The zero-order chi connectivity index (χ0) is 14.5. The zero-order valence-electron chi connectivity index (χ0n) is 11.7. The van der Waals surface area contributed by atoms with Crippen LogP contribution in [0.1, 0.15) is 38.1 Å². The zero-order valence-corrected chi connectivity index (χ0v) is 11.7. The highest BCUT2D eigenvalue weighted by Crippen LogP contribution is 2.18. The maximum atomic E-state index is 9.71. The second-order valence-electron chi connectivity index (χ2n) is 4.46. The average Bonchev–Trinajstić information content (AvgIpc) is 2.47. The molecule has 2 N–H and O–H groups in total. The summed E-state index contributed by atoms with van der Waals surface area (Å²) in [4.78, 5) is 8.99. The van der Waals surface area contributed by atoms with Gasteiger partial charge in [0.05, 0.1) is 33.9 Å². The van der Waals surface area contributed by atoms with Gasteiger partial charge in [-0.25, -0.2) is 9.97 Å². The van der Waals surface area contributed by atoms with Crippen molar-refractivity contribution in [2.75, 3.05) is 0 Å². The Kier molecular flexibility index (Phi) is 4.35. The van der Waals surface area contributed by atoms with Gasteiger partial charge in [0.1, 0.15) is 0 Å². The van der Waals surface area contributed by atoms with Gasteiger partial charge in [-0.2, -0.15) is 0 Å². The fourth-order valence-corrected chi connectivity index (χ4v) is 1.76. The van der Waals surface area contributed by atoms with E-state index < -0.39 is 0 Å². The monoisotopic (exact) mass is 270 g/mol. The SMILES string of the molecule is CC/C(O)=C/c1nc2ccccc2nc1/C=C(\O)CC. The molecule has 4 nitrogen and oxygen atoms in total. The summed E-state index contributed by atoms with van der Waals surface area (Å²) in [7, 11) is 0. The quantitative estimate of drug-likeness (QED) is 0.815. The maximum absolute atomic E-state index is 9.71. The molecular weight excluding hydrogens is 252 g/mol. The molecule has 104 valence electrons. The van der Waals surface area contributed by atoms with E-state index in [2.05, 4.69) is 9.97 Å². The average molecular weight is 270 g/mol. The van der Waals surface area contributed by atoms with Crippen LogP contribution in [0.5, 0.6) is 0 Å². The molecular formula is C16H18N2O2. The van der Waals surface area contributed by atoms with E-state index in [-0.39, 0.29) is 11.5 Å². The van der Waals surface area contributed by atoms with Crippen molar-refractivity contribution >= 4 is 23.2 Å². The van der Waals surface area contributed by atoms with Crippen molar-refractivity contribution in [3.05, 3.63) is 47.2 Å². The highest BCUT2D eigenvalue weighted by molar-refractivity contribution is 5.78. The number of aromatic nitrogens is 2. The lowest BCUT2D eigenvalue weighted by atomic mass is 10.2. The number of rotatable bonds is 4. The minimum absolute atomic E-state index is 0.236. The molecule has 1 aromatic heterocycles. The largest absolute Gasteiger partial charge is 0.512 e. The van der Waals surface area contributed by atoms with Crippen LogP contribution >= 0.6 is 0 Å². The Bertz CT molecular complexity index is 617. The number of aliphatic hydroxyl groups is 2. The standard InChI is InChI=1S/C16H18N2O2/c1-3-11(19)9-15-16(10-12(20)4-2)18-14-8-6-5-7-13(14)17-15/h5-10,19-20H,3-4H2,1-2H3/b11-9-,12-10-. The smallest absolute Gasteiger partial charge is 0.0942 e. The summed E-state index contributed by atoms with van der Waals surface area (Å²) in [5, 5.41) is 19.4. The van der Waals surface area contributed by atoms with E-state index in [9.17, 15) is 10.2 Å². The van der Waals surface area contributed by atoms with Crippen LogP contribution in [-0.4, -0.2) is 20.2 Å². The molecule has 0 atom stereocenters. The molecule has 0 aliphatic heterocycles. The summed E-state index contributed by atoms with van der Waals surface area (Å²) in [6.45, 7) is 3.72. The van der Waals surface area contributed by atoms with Gasteiger partial charge in [0.2, 0.25) is 0 Å². The molecule has 1 heterocycles. The number of nitrogens with zero attached hydrogens (tertiary/aromatic N) is 2. The van der Waals surface area contributed by atoms with E-state index in [1.165, 1.54) is 0 Å². The number of aliphatic hydroxyl groups excluding tert-OH is 2. The van der Waals surface area contributed by atoms with Crippen LogP contribution < -0.4 is 0 Å². The van der Waals surface area contributed by atoms with Crippen molar-refractivity contribution in [2.45, 2.75) is 26.7 Å². The number of hydrogen-bond acceptors (Lipinski definition) is 4. The Morgan fingerprint density at radius 3 is 1.65 bits per heavy atom. The van der Waals surface area contributed by atoms with Gasteiger partial charge >= 0.3 is 0 Å². The van der Waals surface area contributed by atoms with Crippen LogP contribution in [0.3, 0.4) is 0 Å². The topological polar surface area (TPSA) is 66.2 Å². The molecule has 0 unspecified atom stereocenters. The summed E-state index contributed by atoms with van der Waals surface area (Å²) in [5.74, 6) is 0.473. The second kappa shape index (κ2) is 6.19. The van der Waals surface area contributed by atoms with Gasteiger partial charge in [-0.1, -0.05) is 26.0 Å². The molecule has 20 heavy (non-hydrogen) atoms. The van der Waals surface area contributed by atoms with Crippen molar-refractivity contribution in [1.29, 1.82) is 0 Å². The van der Waals surface area contributed by atoms with Crippen LogP contribution in [-0.2, 0) is 0 Å². The highest BCUT2D eigenvalue weighted by atomic mass is 16.3. The van der Waals surface area contributed by atoms with Crippen molar-refractivity contribution in [3.8, 4) is 0 Å². The van der Waals surface area contributed by atoms with E-state index in [0.29, 0.717) is 24.2 Å². The Balaban J connectivity index is 2.64. The summed E-state index contributed by atoms with van der Waals surface area (Å²) in [6.07, 6.45) is 4.23. The Hall–Kier alpha value is -2.36. The lowest BCUT2D eigenvalue weighted by molar-refractivity contribution is 0.399. The van der Waals surface area contributed by atoms with Crippen molar-refractivity contribution in [3.63, 3.8) is 0 Å². The molecule has 0 saturated heterocycles. The molecule has 0 fully saturated rings. The Labute approximate surface area is 118 Å². The predicted octanol–water partition coefficient (Wildman–Crippen LogP) is 4.25. The van der Waals surface area contributed by atoms with Crippen LogP contribution in [0.2, 0.25) is 0 Å². The van der Waals surface area contributed by atoms with Gasteiger partial charge in [0.15, 0.2) is 0 Å². The van der Waals surface area contributed by atoms with Crippen LogP contribution in [0.4, 0.5) is 0 Å². The van der Waals surface area contributed by atoms with Gasteiger partial charge in [-0.05, 0) is 12.1 Å². The molecule has 4 heteroatoms. The number of fused-ring (bicyclic) bond motifs is 1. The normalized spacial score (nSPS) is 12.9. The predicted molar refractivity (Wildman–Crippen MR) is 81.3 cm³/mol. The number of allylic oxidation sites excluding steroid dienone is 2. The molecule has 0 bridgehead atoms. The van der Waals surface area contributed by atoms with Gasteiger partial charge in [-0.15, -0.1) is 0 Å². The molecule has 2 aromatic rings.